The zero-order valence-electron chi connectivity index (χ0n) is 16.0. The summed E-state index contributed by atoms with van der Waals surface area (Å²) in [4.78, 5) is 12.5. The number of carbonyl (C=O) groups excluding carboxylic acids is 1. The van der Waals surface area contributed by atoms with E-state index in [0.29, 0.717) is 10.7 Å². The van der Waals surface area contributed by atoms with Crippen LogP contribution >= 0.6 is 11.6 Å². The summed E-state index contributed by atoms with van der Waals surface area (Å²) in [6.07, 6.45) is 2.02. The number of carbonyl (C=O) groups is 1. The van der Waals surface area contributed by atoms with E-state index >= 15 is 0 Å². The average Bonchev–Trinajstić information content (AvgIpc) is 2.61. The summed E-state index contributed by atoms with van der Waals surface area (Å²) in [5, 5.41) is 3.30. The fourth-order valence-corrected chi connectivity index (χ4v) is 3.70. The number of nitrogens with zero attached hydrogens (tertiary/aromatic N) is 1. The van der Waals surface area contributed by atoms with Gasteiger partial charge in [0.2, 0.25) is 15.9 Å². The predicted octanol–water partition coefficient (Wildman–Crippen LogP) is 3.85. The molecule has 0 aromatic heterocycles. The summed E-state index contributed by atoms with van der Waals surface area (Å²) in [6.45, 7) is 5.47. The fraction of sp³-hybridized carbons (Fsp3) is 0.350. The molecular formula is C20H25ClN2O3S. The van der Waals surface area contributed by atoms with E-state index in [9.17, 15) is 13.2 Å². The Balaban J connectivity index is 2.14. The molecule has 2 aromatic carbocycles. The summed E-state index contributed by atoms with van der Waals surface area (Å²) in [6, 6.07) is 12.7. The minimum Gasteiger partial charge on any atom is -0.348 e. The molecule has 0 aliphatic rings. The van der Waals surface area contributed by atoms with Crippen LogP contribution in [0.4, 0.5) is 5.69 Å². The van der Waals surface area contributed by atoms with Crippen LogP contribution in [-0.4, -0.2) is 27.1 Å². The Morgan fingerprint density at radius 1 is 1.19 bits per heavy atom. The topological polar surface area (TPSA) is 66.5 Å². The minimum atomic E-state index is -3.64. The van der Waals surface area contributed by atoms with Crippen molar-refractivity contribution >= 4 is 33.2 Å². The van der Waals surface area contributed by atoms with E-state index in [1.165, 1.54) is 5.56 Å². The smallest absolute Gasteiger partial charge is 0.241 e. The Morgan fingerprint density at radius 2 is 1.81 bits per heavy atom. The lowest BCUT2D eigenvalue weighted by Gasteiger charge is -2.23. The number of amides is 1. The fourth-order valence-electron chi connectivity index (χ4n) is 2.68. The van der Waals surface area contributed by atoms with E-state index in [1.54, 1.807) is 18.2 Å². The van der Waals surface area contributed by atoms with Gasteiger partial charge in [0.25, 0.3) is 0 Å². The van der Waals surface area contributed by atoms with Gasteiger partial charge in [0.1, 0.15) is 6.54 Å². The van der Waals surface area contributed by atoms with E-state index in [-0.39, 0.29) is 18.5 Å². The van der Waals surface area contributed by atoms with Gasteiger partial charge in [-0.15, -0.1) is 0 Å². The number of anilines is 1. The molecule has 1 amide bonds. The monoisotopic (exact) mass is 408 g/mol. The Bertz CT molecular complexity index is 911. The van der Waals surface area contributed by atoms with Crippen LogP contribution in [0.5, 0.6) is 0 Å². The van der Waals surface area contributed by atoms with Gasteiger partial charge in [0.15, 0.2) is 0 Å². The molecule has 0 heterocycles. The van der Waals surface area contributed by atoms with Gasteiger partial charge in [0.05, 0.1) is 18.0 Å². The molecule has 0 aliphatic heterocycles. The van der Waals surface area contributed by atoms with Gasteiger partial charge < -0.3 is 5.32 Å². The predicted molar refractivity (Wildman–Crippen MR) is 111 cm³/mol. The van der Waals surface area contributed by atoms with Crippen molar-refractivity contribution < 1.29 is 13.2 Å². The van der Waals surface area contributed by atoms with Gasteiger partial charge in [-0.3, -0.25) is 9.10 Å². The second-order valence-electron chi connectivity index (χ2n) is 6.59. The molecule has 0 fully saturated rings. The number of halogens is 1. The molecule has 0 radical (unpaired) electrons. The summed E-state index contributed by atoms with van der Waals surface area (Å²) in [5.74, 6) is -0.385. The molecule has 1 atom stereocenters. The highest BCUT2D eigenvalue weighted by atomic mass is 35.5. The first kappa shape index (κ1) is 21.3. The first-order valence-electron chi connectivity index (χ1n) is 8.74. The molecule has 2 rings (SSSR count). The van der Waals surface area contributed by atoms with Gasteiger partial charge in [-0.1, -0.05) is 48.9 Å². The molecular weight excluding hydrogens is 384 g/mol. The zero-order valence-corrected chi connectivity index (χ0v) is 17.6. The molecule has 5 nitrogen and oxygen atoms in total. The molecule has 146 valence electrons. The van der Waals surface area contributed by atoms with Gasteiger partial charge in [-0.25, -0.2) is 8.42 Å². The van der Waals surface area contributed by atoms with Gasteiger partial charge in [-0.2, -0.15) is 0 Å². The van der Waals surface area contributed by atoms with Crippen LogP contribution in [0, 0.1) is 6.92 Å². The van der Waals surface area contributed by atoms with Crippen LogP contribution < -0.4 is 9.62 Å². The molecule has 0 aliphatic carbocycles. The highest BCUT2D eigenvalue weighted by molar-refractivity contribution is 7.92. The van der Waals surface area contributed by atoms with Crippen molar-refractivity contribution in [2.24, 2.45) is 0 Å². The largest absolute Gasteiger partial charge is 0.348 e. The lowest BCUT2D eigenvalue weighted by atomic mass is 10.1. The van der Waals surface area contributed by atoms with Crippen molar-refractivity contribution in [3.8, 4) is 0 Å². The normalized spacial score (nSPS) is 12.5. The number of sulfonamides is 1. The Hall–Kier alpha value is -2.05. The molecule has 27 heavy (non-hydrogen) atoms. The van der Waals surface area contributed by atoms with E-state index < -0.39 is 10.0 Å². The van der Waals surface area contributed by atoms with Crippen molar-refractivity contribution in [2.75, 3.05) is 17.1 Å². The van der Waals surface area contributed by atoms with Crippen molar-refractivity contribution in [1.29, 1.82) is 0 Å². The Labute approximate surface area is 166 Å². The third-order valence-electron chi connectivity index (χ3n) is 4.40. The molecule has 0 unspecified atom stereocenters. The number of nitrogens with one attached hydrogen (secondary N) is 1. The first-order chi connectivity index (χ1) is 12.6. The van der Waals surface area contributed by atoms with Crippen molar-refractivity contribution in [3.63, 3.8) is 0 Å². The molecule has 0 saturated carbocycles. The molecule has 1 N–H and O–H groups in total. The molecule has 0 bridgehead atoms. The number of rotatable bonds is 7. The van der Waals surface area contributed by atoms with Crippen LogP contribution in [0.3, 0.4) is 0 Å². The van der Waals surface area contributed by atoms with Crippen molar-refractivity contribution in [3.05, 3.63) is 64.2 Å². The lowest BCUT2D eigenvalue weighted by Crippen LogP contribution is -2.41. The molecule has 0 spiro atoms. The van der Waals surface area contributed by atoms with Crippen LogP contribution in [-0.2, 0) is 21.2 Å². The number of hydrogen-bond donors (Lipinski definition) is 1. The Kier molecular flexibility index (Phi) is 6.89. The van der Waals surface area contributed by atoms with Gasteiger partial charge in [-0.05, 0) is 49.1 Å². The SMILES string of the molecule is CCc1ccc([C@@H](C)NC(=O)CN(c2ccc(C)c(Cl)c2)S(C)(=O)=O)cc1. The summed E-state index contributed by atoms with van der Waals surface area (Å²) >= 11 is 6.11. The second kappa shape index (κ2) is 8.76. The lowest BCUT2D eigenvalue weighted by molar-refractivity contribution is -0.120. The van der Waals surface area contributed by atoms with Crippen molar-refractivity contribution in [1.82, 2.24) is 5.32 Å². The van der Waals surface area contributed by atoms with Gasteiger partial charge >= 0.3 is 0 Å². The maximum Gasteiger partial charge on any atom is 0.241 e. The zero-order chi connectivity index (χ0) is 20.2. The summed E-state index contributed by atoms with van der Waals surface area (Å²) in [7, 11) is -3.64. The number of hydrogen-bond acceptors (Lipinski definition) is 3. The van der Waals surface area contributed by atoms with Crippen LogP contribution in [0.2, 0.25) is 5.02 Å². The molecule has 0 saturated heterocycles. The maximum absolute atomic E-state index is 12.5. The average molecular weight is 409 g/mol. The molecule has 7 heteroatoms. The number of benzene rings is 2. The quantitative estimate of drug-likeness (QED) is 0.756. The van der Waals surface area contributed by atoms with Gasteiger partial charge in [0, 0.05) is 5.02 Å². The second-order valence-corrected chi connectivity index (χ2v) is 8.90. The highest BCUT2D eigenvalue weighted by Gasteiger charge is 2.22. The summed E-state index contributed by atoms with van der Waals surface area (Å²) < 4.78 is 25.4. The number of aryl methyl sites for hydroxylation is 2. The van der Waals surface area contributed by atoms with Crippen LogP contribution in [0.15, 0.2) is 42.5 Å². The molecule has 2 aromatic rings. The van der Waals surface area contributed by atoms with E-state index in [1.807, 2.05) is 38.1 Å². The standard InChI is InChI=1S/C20H25ClN2O3S/c1-5-16-7-9-17(10-8-16)15(3)22-20(24)13-23(27(4,25)26)18-11-6-14(2)19(21)12-18/h6-12,15H,5,13H2,1-4H3,(H,22,24)/t15-/m1/s1. The van der Waals surface area contributed by atoms with Crippen LogP contribution in [0.1, 0.15) is 36.6 Å². The minimum absolute atomic E-state index is 0.230. The maximum atomic E-state index is 12.5. The Morgan fingerprint density at radius 3 is 2.33 bits per heavy atom. The van der Waals surface area contributed by atoms with Crippen molar-refractivity contribution in [2.45, 2.75) is 33.2 Å². The highest BCUT2D eigenvalue weighted by Crippen LogP contribution is 2.25. The van der Waals surface area contributed by atoms with E-state index in [2.05, 4.69) is 12.2 Å². The van der Waals surface area contributed by atoms with Crippen LogP contribution in [0.25, 0.3) is 0 Å². The van der Waals surface area contributed by atoms with E-state index in [4.69, 9.17) is 11.6 Å². The third-order valence-corrected chi connectivity index (χ3v) is 5.94. The summed E-state index contributed by atoms with van der Waals surface area (Å²) in [5.41, 5.74) is 3.38. The first-order valence-corrected chi connectivity index (χ1v) is 11.0. The van der Waals surface area contributed by atoms with E-state index in [0.717, 1.165) is 28.1 Å². The third kappa shape index (κ3) is 5.71.